The molecule has 0 spiro atoms. The minimum Gasteiger partial charge on any atom is -0.473 e. The van der Waals surface area contributed by atoms with Gasteiger partial charge in [0.1, 0.15) is 6.61 Å². The van der Waals surface area contributed by atoms with Crippen molar-refractivity contribution in [2.24, 2.45) is 7.05 Å². The zero-order chi connectivity index (χ0) is 22.2. The number of aryl methyl sites for hydroxylation is 3. The third-order valence-corrected chi connectivity index (χ3v) is 5.94. The van der Waals surface area contributed by atoms with E-state index in [9.17, 15) is 4.79 Å². The van der Waals surface area contributed by atoms with E-state index in [-0.39, 0.29) is 5.69 Å². The first-order valence-corrected chi connectivity index (χ1v) is 10.8. The van der Waals surface area contributed by atoms with Crippen molar-refractivity contribution in [2.75, 3.05) is 0 Å². The standard InChI is InChI=1S/C25H25N5O2/c1-16-7-9-18(10-8-16)20-13-14-24(26-17(20)2)32-15-22-21(19-11-12-19)5-4-6-23(22)30-25(31)29(3)27-28-30/h4-10,13-14,19H,11-12,15H2,1-3H3. The minimum atomic E-state index is -0.282. The van der Waals surface area contributed by atoms with Crippen molar-refractivity contribution in [2.45, 2.75) is 39.2 Å². The molecule has 0 saturated heterocycles. The molecule has 162 valence electrons. The first-order valence-electron chi connectivity index (χ1n) is 10.8. The molecule has 32 heavy (non-hydrogen) atoms. The van der Waals surface area contributed by atoms with E-state index in [0.717, 1.165) is 35.2 Å². The summed E-state index contributed by atoms with van der Waals surface area (Å²) in [5.41, 5.74) is 6.95. The molecule has 0 radical (unpaired) electrons. The van der Waals surface area contributed by atoms with Gasteiger partial charge < -0.3 is 4.74 Å². The highest BCUT2D eigenvalue weighted by Crippen LogP contribution is 2.43. The van der Waals surface area contributed by atoms with Gasteiger partial charge in [-0.2, -0.15) is 9.36 Å². The van der Waals surface area contributed by atoms with Crippen LogP contribution in [0.5, 0.6) is 5.88 Å². The van der Waals surface area contributed by atoms with E-state index in [1.807, 2.05) is 31.2 Å². The summed E-state index contributed by atoms with van der Waals surface area (Å²) in [7, 11) is 1.59. The summed E-state index contributed by atoms with van der Waals surface area (Å²) < 4.78 is 8.69. The average molecular weight is 428 g/mol. The van der Waals surface area contributed by atoms with E-state index in [2.05, 4.69) is 52.7 Å². The molecule has 0 amide bonds. The molecular weight excluding hydrogens is 402 g/mol. The fourth-order valence-corrected chi connectivity index (χ4v) is 3.99. The molecule has 2 heterocycles. The summed E-state index contributed by atoms with van der Waals surface area (Å²) in [6.07, 6.45) is 2.29. The second-order valence-corrected chi connectivity index (χ2v) is 8.35. The van der Waals surface area contributed by atoms with E-state index in [1.54, 1.807) is 7.05 Å². The van der Waals surface area contributed by atoms with Crippen LogP contribution < -0.4 is 10.4 Å². The minimum absolute atomic E-state index is 0.282. The van der Waals surface area contributed by atoms with Crippen LogP contribution in [0.2, 0.25) is 0 Å². The van der Waals surface area contributed by atoms with Crippen LogP contribution in [0.4, 0.5) is 0 Å². The van der Waals surface area contributed by atoms with Crippen molar-refractivity contribution in [3.05, 3.63) is 87.5 Å². The summed E-state index contributed by atoms with van der Waals surface area (Å²) in [6, 6.07) is 18.3. The third-order valence-electron chi connectivity index (χ3n) is 5.94. The van der Waals surface area contributed by atoms with Crippen molar-refractivity contribution >= 4 is 0 Å². The molecule has 5 rings (SSSR count). The van der Waals surface area contributed by atoms with Crippen LogP contribution in [0.25, 0.3) is 16.8 Å². The summed E-state index contributed by atoms with van der Waals surface area (Å²) >= 11 is 0. The van der Waals surface area contributed by atoms with Gasteiger partial charge in [-0.25, -0.2) is 9.78 Å². The number of hydrogen-bond acceptors (Lipinski definition) is 5. The number of tetrazole rings is 1. The first kappa shape index (κ1) is 20.2. The molecule has 1 fully saturated rings. The normalized spacial score (nSPS) is 13.3. The molecule has 1 aliphatic rings. The van der Waals surface area contributed by atoms with Crippen LogP contribution in [0.1, 0.15) is 41.1 Å². The lowest BCUT2D eigenvalue weighted by molar-refractivity contribution is 0.291. The van der Waals surface area contributed by atoms with E-state index in [0.29, 0.717) is 24.1 Å². The van der Waals surface area contributed by atoms with Gasteiger partial charge in [0, 0.05) is 29.9 Å². The van der Waals surface area contributed by atoms with E-state index in [4.69, 9.17) is 4.74 Å². The van der Waals surface area contributed by atoms with Gasteiger partial charge in [0.15, 0.2) is 0 Å². The molecule has 2 aromatic heterocycles. The zero-order valence-electron chi connectivity index (χ0n) is 18.4. The molecule has 2 aromatic carbocycles. The quantitative estimate of drug-likeness (QED) is 0.463. The van der Waals surface area contributed by atoms with E-state index in [1.165, 1.54) is 20.5 Å². The molecule has 1 saturated carbocycles. The van der Waals surface area contributed by atoms with Gasteiger partial charge in [0.2, 0.25) is 5.88 Å². The highest BCUT2D eigenvalue weighted by Gasteiger charge is 2.28. The molecule has 7 nitrogen and oxygen atoms in total. The Labute approximate surface area is 186 Å². The Kier molecular flexibility index (Phi) is 5.09. The van der Waals surface area contributed by atoms with Crippen LogP contribution in [0.3, 0.4) is 0 Å². The SMILES string of the molecule is Cc1ccc(-c2ccc(OCc3c(C4CC4)cccc3-n3nnn(C)c3=O)nc2C)cc1. The molecule has 1 aliphatic carbocycles. The van der Waals surface area contributed by atoms with E-state index >= 15 is 0 Å². The molecule has 7 heteroatoms. The third kappa shape index (κ3) is 3.82. The summed E-state index contributed by atoms with van der Waals surface area (Å²) in [6.45, 7) is 4.38. The Bertz CT molecular complexity index is 1330. The first-order chi connectivity index (χ1) is 15.5. The van der Waals surface area contributed by atoms with Crippen LogP contribution in [0.15, 0.2) is 59.4 Å². The lowest BCUT2D eigenvalue weighted by Crippen LogP contribution is -2.23. The summed E-state index contributed by atoms with van der Waals surface area (Å²) in [5.74, 6) is 1.06. The Morgan fingerprint density at radius 1 is 1.00 bits per heavy atom. The van der Waals surface area contributed by atoms with Crippen LogP contribution >= 0.6 is 0 Å². The Hall–Kier alpha value is -3.74. The molecule has 0 bridgehead atoms. The molecule has 0 atom stereocenters. The lowest BCUT2D eigenvalue weighted by Gasteiger charge is -2.15. The number of rotatable bonds is 6. The van der Waals surface area contributed by atoms with Crippen LogP contribution in [0, 0.1) is 13.8 Å². The number of ether oxygens (including phenoxy) is 1. The highest BCUT2D eigenvalue weighted by atomic mass is 16.5. The van der Waals surface area contributed by atoms with Gasteiger partial charge >= 0.3 is 5.69 Å². The topological polar surface area (TPSA) is 74.8 Å². The van der Waals surface area contributed by atoms with Crippen molar-refractivity contribution in [3.8, 4) is 22.7 Å². The van der Waals surface area contributed by atoms with Crippen LogP contribution in [-0.2, 0) is 13.7 Å². The molecule has 0 unspecified atom stereocenters. The number of pyridine rings is 1. The van der Waals surface area contributed by atoms with Gasteiger partial charge in [0.25, 0.3) is 0 Å². The maximum absolute atomic E-state index is 12.5. The average Bonchev–Trinajstić information content (AvgIpc) is 3.59. The Morgan fingerprint density at radius 3 is 2.44 bits per heavy atom. The van der Waals surface area contributed by atoms with Crippen molar-refractivity contribution in [1.29, 1.82) is 0 Å². The fourth-order valence-electron chi connectivity index (χ4n) is 3.99. The van der Waals surface area contributed by atoms with Crippen LogP contribution in [-0.4, -0.2) is 24.8 Å². The molecule has 0 aliphatic heterocycles. The largest absolute Gasteiger partial charge is 0.473 e. The second-order valence-electron chi connectivity index (χ2n) is 8.35. The van der Waals surface area contributed by atoms with Gasteiger partial charge in [-0.15, -0.1) is 0 Å². The highest BCUT2D eigenvalue weighted by molar-refractivity contribution is 5.66. The Balaban J connectivity index is 1.45. The van der Waals surface area contributed by atoms with Crippen molar-refractivity contribution in [1.82, 2.24) is 24.8 Å². The van der Waals surface area contributed by atoms with Gasteiger partial charge in [-0.05, 0) is 66.3 Å². The molecular formula is C25H25N5O2. The van der Waals surface area contributed by atoms with Gasteiger partial charge in [0.05, 0.1) is 5.69 Å². The van der Waals surface area contributed by atoms with Gasteiger partial charge in [-0.3, -0.25) is 0 Å². The zero-order valence-corrected chi connectivity index (χ0v) is 18.4. The Morgan fingerprint density at radius 2 is 1.78 bits per heavy atom. The number of hydrogen-bond donors (Lipinski definition) is 0. The number of benzene rings is 2. The maximum Gasteiger partial charge on any atom is 0.368 e. The van der Waals surface area contributed by atoms with Crippen molar-refractivity contribution < 1.29 is 4.74 Å². The lowest BCUT2D eigenvalue weighted by atomic mass is 10.0. The predicted octanol–water partition coefficient (Wildman–Crippen LogP) is 4.10. The smallest absolute Gasteiger partial charge is 0.368 e. The maximum atomic E-state index is 12.5. The second kappa shape index (κ2) is 8.07. The van der Waals surface area contributed by atoms with Gasteiger partial charge in [-0.1, -0.05) is 42.0 Å². The molecule has 4 aromatic rings. The summed E-state index contributed by atoms with van der Waals surface area (Å²) in [5, 5.41) is 7.89. The summed E-state index contributed by atoms with van der Waals surface area (Å²) in [4.78, 5) is 17.2. The molecule has 0 N–H and O–H groups in total. The van der Waals surface area contributed by atoms with E-state index < -0.39 is 0 Å². The predicted molar refractivity (Wildman–Crippen MR) is 122 cm³/mol. The fraction of sp³-hybridized carbons (Fsp3) is 0.280. The monoisotopic (exact) mass is 427 g/mol. The number of nitrogens with zero attached hydrogens (tertiary/aromatic N) is 5. The van der Waals surface area contributed by atoms with Crippen molar-refractivity contribution in [3.63, 3.8) is 0 Å². The number of aromatic nitrogens is 5.